The van der Waals surface area contributed by atoms with Crippen LogP contribution in [0.25, 0.3) is 0 Å². The van der Waals surface area contributed by atoms with Crippen LogP contribution in [-0.4, -0.2) is 47.8 Å². The van der Waals surface area contributed by atoms with E-state index in [0.29, 0.717) is 13.1 Å². The number of hydrogen-bond donors (Lipinski definition) is 1. The summed E-state index contributed by atoms with van der Waals surface area (Å²) in [5.74, 6) is 0.200. The maximum absolute atomic E-state index is 12.5. The molecule has 126 valence electrons. The maximum atomic E-state index is 12.5. The summed E-state index contributed by atoms with van der Waals surface area (Å²) < 4.78 is 0. The van der Waals surface area contributed by atoms with Crippen LogP contribution in [0.1, 0.15) is 38.3 Å². The second-order valence-corrected chi connectivity index (χ2v) is 6.00. The van der Waals surface area contributed by atoms with E-state index in [9.17, 15) is 9.59 Å². The van der Waals surface area contributed by atoms with Gasteiger partial charge in [0.2, 0.25) is 11.8 Å². The van der Waals surface area contributed by atoms with Gasteiger partial charge in [-0.15, -0.1) is 0 Å². The standard InChI is InChI=1S/C18H27N3O2/c1-3-20(4-2)17(22)15-10-12-21(13-11-15)18(23)16(19)14-8-6-5-7-9-14/h5-9,15-16H,3-4,10-13,19H2,1-2H3/t16-/m0/s1. The fraction of sp³-hybridized carbons (Fsp3) is 0.556. The van der Waals surface area contributed by atoms with E-state index in [1.165, 1.54) is 0 Å². The highest BCUT2D eigenvalue weighted by Gasteiger charge is 2.31. The van der Waals surface area contributed by atoms with Gasteiger partial charge in [0.1, 0.15) is 6.04 Å². The first-order valence-corrected chi connectivity index (χ1v) is 8.46. The Bertz CT molecular complexity index is 520. The Morgan fingerprint density at radius 1 is 1.17 bits per heavy atom. The number of rotatable bonds is 5. The van der Waals surface area contributed by atoms with Crippen LogP contribution in [0.15, 0.2) is 30.3 Å². The number of amides is 2. The number of hydrogen-bond acceptors (Lipinski definition) is 3. The Kier molecular flexibility index (Phi) is 6.16. The van der Waals surface area contributed by atoms with E-state index in [-0.39, 0.29) is 17.7 Å². The average molecular weight is 317 g/mol. The Labute approximate surface area is 138 Å². The first kappa shape index (κ1) is 17.5. The van der Waals surface area contributed by atoms with Crippen LogP contribution in [0.5, 0.6) is 0 Å². The molecular formula is C18H27N3O2. The van der Waals surface area contributed by atoms with Crippen LogP contribution < -0.4 is 5.73 Å². The number of nitrogens with zero attached hydrogens (tertiary/aromatic N) is 2. The third-order valence-corrected chi connectivity index (χ3v) is 4.66. The zero-order valence-electron chi connectivity index (χ0n) is 14.1. The molecule has 1 aliphatic rings. The van der Waals surface area contributed by atoms with Crippen molar-refractivity contribution in [2.45, 2.75) is 32.7 Å². The van der Waals surface area contributed by atoms with E-state index >= 15 is 0 Å². The maximum Gasteiger partial charge on any atom is 0.244 e. The predicted molar refractivity (Wildman–Crippen MR) is 90.6 cm³/mol. The number of likely N-dealkylation sites (tertiary alicyclic amines) is 1. The Morgan fingerprint density at radius 2 is 1.74 bits per heavy atom. The van der Waals surface area contributed by atoms with Gasteiger partial charge in [0.25, 0.3) is 0 Å². The fourth-order valence-corrected chi connectivity index (χ4v) is 3.14. The molecule has 0 unspecified atom stereocenters. The molecule has 0 radical (unpaired) electrons. The SMILES string of the molecule is CCN(CC)C(=O)C1CCN(C(=O)[C@@H](N)c2ccccc2)CC1. The lowest BCUT2D eigenvalue weighted by Gasteiger charge is -2.35. The van der Waals surface area contributed by atoms with Crippen LogP contribution in [-0.2, 0) is 9.59 Å². The van der Waals surface area contributed by atoms with Crippen molar-refractivity contribution in [2.75, 3.05) is 26.2 Å². The lowest BCUT2D eigenvalue weighted by atomic mass is 9.94. The lowest BCUT2D eigenvalue weighted by molar-refractivity contribution is -0.141. The van der Waals surface area contributed by atoms with E-state index in [1.807, 2.05) is 49.1 Å². The van der Waals surface area contributed by atoms with Crippen LogP contribution in [0.3, 0.4) is 0 Å². The fourth-order valence-electron chi connectivity index (χ4n) is 3.14. The largest absolute Gasteiger partial charge is 0.343 e. The molecule has 2 amide bonds. The number of benzene rings is 1. The van der Waals surface area contributed by atoms with Gasteiger partial charge in [-0.2, -0.15) is 0 Å². The first-order chi connectivity index (χ1) is 11.1. The molecule has 1 aromatic carbocycles. The van der Waals surface area contributed by atoms with Crippen molar-refractivity contribution in [2.24, 2.45) is 11.7 Å². The lowest BCUT2D eigenvalue weighted by Crippen LogP contribution is -2.46. The average Bonchev–Trinajstić information content (AvgIpc) is 2.62. The van der Waals surface area contributed by atoms with Crippen LogP contribution in [0.4, 0.5) is 0 Å². The number of carbonyl (C=O) groups excluding carboxylic acids is 2. The smallest absolute Gasteiger partial charge is 0.244 e. The zero-order valence-corrected chi connectivity index (χ0v) is 14.1. The zero-order chi connectivity index (χ0) is 16.8. The van der Waals surface area contributed by atoms with Crippen molar-refractivity contribution in [3.05, 3.63) is 35.9 Å². The van der Waals surface area contributed by atoms with Gasteiger partial charge in [0.05, 0.1) is 0 Å². The Balaban J connectivity index is 1.91. The van der Waals surface area contributed by atoms with Crippen LogP contribution in [0.2, 0.25) is 0 Å². The highest BCUT2D eigenvalue weighted by Crippen LogP contribution is 2.22. The molecule has 0 spiro atoms. The summed E-state index contributed by atoms with van der Waals surface area (Å²) >= 11 is 0. The summed E-state index contributed by atoms with van der Waals surface area (Å²) in [6.07, 6.45) is 1.45. The summed E-state index contributed by atoms with van der Waals surface area (Å²) in [5.41, 5.74) is 6.92. The molecule has 1 fully saturated rings. The van der Waals surface area contributed by atoms with Crippen LogP contribution >= 0.6 is 0 Å². The van der Waals surface area contributed by atoms with Crippen LogP contribution in [0, 0.1) is 5.92 Å². The van der Waals surface area contributed by atoms with Gasteiger partial charge in [-0.25, -0.2) is 0 Å². The van der Waals surface area contributed by atoms with Gasteiger partial charge in [-0.05, 0) is 32.3 Å². The molecule has 1 atom stereocenters. The second kappa shape index (κ2) is 8.11. The first-order valence-electron chi connectivity index (χ1n) is 8.46. The molecule has 5 heteroatoms. The van der Waals surface area contributed by atoms with Crippen molar-refractivity contribution in [1.82, 2.24) is 9.80 Å². The van der Waals surface area contributed by atoms with Gasteiger partial charge < -0.3 is 15.5 Å². The van der Waals surface area contributed by atoms with Gasteiger partial charge >= 0.3 is 0 Å². The normalized spacial score (nSPS) is 16.9. The number of carbonyl (C=O) groups is 2. The second-order valence-electron chi connectivity index (χ2n) is 6.00. The monoisotopic (exact) mass is 317 g/mol. The molecular weight excluding hydrogens is 290 g/mol. The quantitative estimate of drug-likeness (QED) is 0.900. The highest BCUT2D eigenvalue weighted by molar-refractivity contribution is 5.84. The molecule has 1 saturated heterocycles. The molecule has 0 bridgehead atoms. The minimum absolute atomic E-state index is 0.0342. The van der Waals surface area contributed by atoms with E-state index in [2.05, 4.69) is 0 Å². The van der Waals surface area contributed by atoms with Crippen molar-refractivity contribution < 1.29 is 9.59 Å². The molecule has 1 heterocycles. The third kappa shape index (κ3) is 4.10. The molecule has 0 aliphatic carbocycles. The molecule has 0 aromatic heterocycles. The van der Waals surface area contributed by atoms with Crippen molar-refractivity contribution in [3.63, 3.8) is 0 Å². The Morgan fingerprint density at radius 3 is 2.26 bits per heavy atom. The summed E-state index contributed by atoms with van der Waals surface area (Å²) in [5, 5.41) is 0. The van der Waals surface area contributed by atoms with E-state index in [4.69, 9.17) is 5.73 Å². The predicted octanol–water partition coefficient (Wildman–Crippen LogP) is 1.79. The summed E-state index contributed by atoms with van der Waals surface area (Å²) in [6, 6.07) is 8.81. The van der Waals surface area contributed by atoms with E-state index in [1.54, 1.807) is 4.90 Å². The van der Waals surface area contributed by atoms with Crippen molar-refractivity contribution in [1.29, 1.82) is 0 Å². The molecule has 0 saturated carbocycles. The van der Waals surface area contributed by atoms with Gasteiger partial charge in [-0.1, -0.05) is 30.3 Å². The summed E-state index contributed by atoms with van der Waals surface area (Å²) in [6.45, 7) is 6.70. The highest BCUT2D eigenvalue weighted by atomic mass is 16.2. The van der Waals surface area contributed by atoms with Gasteiger partial charge in [-0.3, -0.25) is 9.59 Å². The summed E-state index contributed by atoms with van der Waals surface area (Å²) in [4.78, 5) is 28.6. The summed E-state index contributed by atoms with van der Waals surface area (Å²) in [7, 11) is 0. The minimum atomic E-state index is -0.619. The molecule has 2 rings (SSSR count). The van der Waals surface area contributed by atoms with Crippen molar-refractivity contribution in [3.8, 4) is 0 Å². The van der Waals surface area contributed by atoms with Gasteiger partial charge in [0.15, 0.2) is 0 Å². The molecule has 1 aliphatic heterocycles. The number of nitrogens with two attached hydrogens (primary N) is 1. The van der Waals surface area contributed by atoms with Crippen molar-refractivity contribution >= 4 is 11.8 Å². The molecule has 2 N–H and O–H groups in total. The number of piperidine rings is 1. The molecule has 5 nitrogen and oxygen atoms in total. The minimum Gasteiger partial charge on any atom is -0.343 e. The molecule has 23 heavy (non-hydrogen) atoms. The third-order valence-electron chi connectivity index (χ3n) is 4.66. The Hall–Kier alpha value is -1.88. The molecule has 1 aromatic rings. The van der Waals surface area contributed by atoms with E-state index in [0.717, 1.165) is 31.5 Å². The van der Waals surface area contributed by atoms with Gasteiger partial charge in [0, 0.05) is 32.1 Å². The topological polar surface area (TPSA) is 66.6 Å². The van der Waals surface area contributed by atoms with E-state index < -0.39 is 6.04 Å².